The van der Waals surface area contributed by atoms with Crippen molar-refractivity contribution in [2.75, 3.05) is 37.6 Å². The highest BCUT2D eigenvalue weighted by Crippen LogP contribution is 2.39. The van der Waals surface area contributed by atoms with E-state index in [1.54, 1.807) is 29.6 Å². The lowest BCUT2D eigenvalue weighted by Crippen LogP contribution is -2.58. The Morgan fingerprint density at radius 3 is 2.35 bits per heavy atom. The maximum atomic E-state index is 13.3. The number of halogens is 3. The van der Waals surface area contributed by atoms with E-state index in [4.69, 9.17) is 0 Å². The summed E-state index contributed by atoms with van der Waals surface area (Å²) in [5, 5.41) is 15.1. The first kappa shape index (κ1) is 27.6. The summed E-state index contributed by atoms with van der Waals surface area (Å²) < 4.78 is 67.9. The van der Waals surface area contributed by atoms with Gasteiger partial charge in [0.15, 0.2) is 5.60 Å². The van der Waals surface area contributed by atoms with Crippen LogP contribution in [-0.2, 0) is 22.0 Å². The summed E-state index contributed by atoms with van der Waals surface area (Å²) in [6, 6.07) is 18.7. The molecule has 0 spiro atoms. The highest BCUT2D eigenvalue weighted by atomic mass is 32.2. The Morgan fingerprint density at radius 1 is 1.03 bits per heavy atom. The SMILES string of the molecule is CC(O)(c1ccc(N2CCN(S(=O)(=O)c3cccs3)C[C@@H]2CNCCc2ccccc2)cc1)C(F)(F)F. The minimum atomic E-state index is -4.80. The molecule has 2 aromatic carbocycles. The van der Waals surface area contributed by atoms with E-state index in [2.05, 4.69) is 5.32 Å². The summed E-state index contributed by atoms with van der Waals surface area (Å²) in [7, 11) is -3.63. The van der Waals surface area contributed by atoms with E-state index in [1.165, 1.54) is 33.3 Å². The van der Waals surface area contributed by atoms with Gasteiger partial charge in [-0.1, -0.05) is 48.5 Å². The molecule has 1 saturated heterocycles. The smallest absolute Gasteiger partial charge is 0.376 e. The molecule has 0 saturated carbocycles. The van der Waals surface area contributed by atoms with Crippen LogP contribution in [0.2, 0.25) is 0 Å². The lowest BCUT2D eigenvalue weighted by molar-refractivity contribution is -0.258. The molecule has 1 aliphatic heterocycles. The fraction of sp³-hybridized carbons (Fsp3) is 0.385. The third-order valence-electron chi connectivity index (χ3n) is 6.66. The van der Waals surface area contributed by atoms with Gasteiger partial charge in [0.1, 0.15) is 4.21 Å². The van der Waals surface area contributed by atoms with Gasteiger partial charge in [0.05, 0.1) is 6.04 Å². The molecule has 200 valence electrons. The summed E-state index contributed by atoms with van der Waals surface area (Å²) in [6.07, 6.45) is -3.99. The van der Waals surface area contributed by atoms with Crippen LogP contribution in [0.15, 0.2) is 76.3 Å². The monoisotopic (exact) mass is 553 g/mol. The molecule has 1 fully saturated rings. The quantitative estimate of drug-likeness (QED) is 0.388. The molecule has 3 aromatic rings. The lowest BCUT2D eigenvalue weighted by atomic mass is 9.95. The highest BCUT2D eigenvalue weighted by Gasteiger charge is 2.51. The van der Waals surface area contributed by atoms with Crippen molar-refractivity contribution in [3.63, 3.8) is 0 Å². The molecular weight excluding hydrogens is 523 g/mol. The number of nitrogens with one attached hydrogen (secondary N) is 1. The highest BCUT2D eigenvalue weighted by molar-refractivity contribution is 7.91. The second kappa shape index (κ2) is 11.1. The van der Waals surface area contributed by atoms with Crippen LogP contribution in [0.25, 0.3) is 0 Å². The summed E-state index contributed by atoms with van der Waals surface area (Å²) in [4.78, 5) is 2.02. The van der Waals surface area contributed by atoms with Crippen LogP contribution < -0.4 is 10.2 Å². The van der Waals surface area contributed by atoms with E-state index >= 15 is 0 Å². The molecule has 0 aliphatic carbocycles. The second-order valence-electron chi connectivity index (χ2n) is 9.20. The van der Waals surface area contributed by atoms with Crippen molar-refractivity contribution in [3.8, 4) is 0 Å². The Morgan fingerprint density at radius 2 is 1.73 bits per heavy atom. The van der Waals surface area contributed by atoms with E-state index in [0.29, 0.717) is 25.3 Å². The van der Waals surface area contributed by atoms with Crippen molar-refractivity contribution in [1.29, 1.82) is 0 Å². The molecule has 2 N–H and O–H groups in total. The first-order chi connectivity index (χ1) is 17.5. The van der Waals surface area contributed by atoms with Crippen LogP contribution in [0.3, 0.4) is 0 Å². The molecule has 1 aliphatic rings. The molecule has 1 aromatic heterocycles. The van der Waals surface area contributed by atoms with Crippen molar-refractivity contribution >= 4 is 27.0 Å². The topological polar surface area (TPSA) is 72.9 Å². The zero-order chi connectivity index (χ0) is 26.7. The number of hydrogen-bond acceptors (Lipinski definition) is 6. The standard InChI is InChI=1S/C26H30F3N3O3S2/c1-25(33,26(27,28)29)21-9-11-22(12-10-21)32-16-15-31(37(34,35)24-8-5-17-36-24)19-23(32)18-30-14-13-20-6-3-2-4-7-20/h2-12,17,23,30,33H,13-16,18-19H2,1H3/t23-,25?/m0/s1. The molecule has 2 heterocycles. The minimum Gasteiger partial charge on any atom is -0.376 e. The van der Waals surface area contributed by atoms with Gasteiger partial charge in [-0.2, -0.15) is 17.5 Å². The van der Waals surface area contributed by atoms with Gasteiger partial charge < -0.3 is 15.3 Å². The van der Waals surface area contributed by atoms with Crippen molar-refractivity contribution in [2.24, 2.45) is 0 Å². The average Bonchev–Trinajstić information content (AvgIpc) is 3.43. The number of hydrogen-bond donors (Lipinski definition) is 2. The Labute approximate surface area is 219 Å². The maximum Gasteiger partial charge on any atom is 0.421 e. The van der Waals surface area contributed by atoms with E-state index in [-0.39, 0.29) is 28.9 Å². The number of sulfonamides is 1. The zero-order valence-corrected chi connectivity index (χ0v) is 22.0. The predicted molar refractivity (Wildman–Crippen MR) is 139 cm³/mol. The van der Waals surface area contributed by atoms with Gasteiger partial charge in [0, 0.05) is 31.9 Å². The number of benzene rings is 2. The third kappa shape index (κ3) is 6.18. The van der Waals surface area contributed by atoms with Crippen LogP contribution >= 0.6 is 11.3 Å². The van der Waals surface area contributed by atoms with Crippen LogP contribution in [0.4, 0.5) is 18.9 Å². The Balaban J connectivity index is 1.51. The second-order valence-corrected chi connectivity index (χ2v) is 12.3. The molecule has 0 radical (unpaired) electrons. The number of alkyl halides is 3. The molecule has 1 unspecified atom stereocenters. The van der Waals surface area contributed by atoms with Crippen LogP contribution in [0.1, 0.15) is 18.1 Å². The van der Waals surface area contributed by atoms with Gasteiger partial charge >= 0.3 is 6.18 Å². The van der Waals surface area contributed by atoms with Crippen LogP contribution in [0, 0.1) is 0 Å². The number of rotatable bonds is 9. The van der Waals surface area contributed by atoms with Gasteiger partial charge in [-0.3, -0.25) is 0 Å². The van der Waals surface area contributed by atoms with Gasteiger partial charge in [-0.15, -0.1) is 11.3 Å². The van der Waals surface area contributed by atoms with Gasteiger partial charge in [0.25, 0.3) is 10.0 Å². The Bertz CT molecular complexity index is 1250. The summed E-state index contributed by atoms with van der Waals surface area (Å²) in [6.45, 7) is 2.79. The van der Waals surface area contributed by atoms with E-state index in [0.717, 1.165) is 13.3 Å². The number of anilines is 1. The van der Waals surface area contributed by atoms with Crippen LogP contribution in [-0.4, -0.2) is 62.8 Å². The zero-order valence-electron chi connectivity index (χ0n) is 20.4. The van der Waals surface area contributed by atoms with Gasteiger partial charge in [-0.25, -0.2) is 8.42 Å². The first-order valence-corrected chi connectivity index (χ1v) is 14.3. The predicted octanol–water partition coefficient (Wildman–Crippen LogP) is 4.23. The lowest BCUT2D eigenvalue weighted by Gasteiger charge is -2.42. The molecule has 0 amide bonds. The largest absolute Gasteiger partial charge is 0.421 e. The normalized spacial score (nSPS) is 19.1. The van der Waals surface area contributed by atoms with Crippen molar-refractivity contribution in [3.05, 3.63) is 83.2 Å². The van der Waals surface area contributed by atoms with Crippen LogP contribution in [0.5, 0.6) is 0 Å². The fourth-order valence-corrected chi connectivity index (χ4v) is 7.00. The van der Waals surface area contributed by atoms with Crippen molar-refractivity contribution in [2.45, 2.75) is 35.4 Å². The van der Waals surface area contributed by atoms with Crippen molar-refractivity contribution in [1.82, 2.24) is 9.62 Å². The van der Waals surface area contributed by atoms with Crippen molar-refractivity contribution < 1.29 is 26.7 Å². The minimum absolute atomic E-state index is 0.237. The van der Waals surface area contributed by atoms with E-state index < -0.39 is 21.8 Å². The molecular formula is C26H30F3N3O3S2. The number of nitrogens with zero attached hydrogens (tertiary/aromatic N) is 2. The molecule has 11 heteroatoms. The maximum absolute atomic E-state index is 13.3. The number of aliphatic hydroxyl groups is 1. The molecule has 37 heavy (non-hydrogen) atoms. The average molecular weight is 554 g/mol. The summed E-state index contributed by atoms with van der Waals surface area (Å²) in [5.74, 6) is 0. The first-order valence-electron chi connectivity index (χ1n) is 11.9. The number of thiophene rings is 1. The summed E-state index contributed by atoms with van der Waals surface area (Å²) >= 11 is 1.17. The van der Waals surface area contributed by atoms with Gasteiger partial charge in [-0.05, 0) is 54.6 Å². The molecule has 2 atom stereocenters. The summed E-state index contributed by atoms with van der Waals surface area (Å²) in [5.41, 5.74) is -1.35. The van der Waals surface area contributed by atoms with E-state index in [1.807, 2.05) is 35.2 Å². The molecule has 0 bridgehead atoms. The van der Waals surface area contributed by atoms with Gasteiger partial charge in [0.2, 0.25) is 0 Å². The fourth-order valence-electron chi connectivity index (χ4n) is 4.38. The van der Waals surface area contributed by atoms with E-state index in [9.17, 15) is 26.7 Å². The Hall–Kier alpha value is -2.44. The molecule has 6 nitrogen and oxygen atoms in total. The molecule has 4 rings (SSSR count). The third-order valence-corrected chi connectivity index (χ3v) is 9.90. The Kier molecular flexibility index (Phi) is 8.29. The number of piperazine rings is 1.